The van der Waals surface area contributed by atoms with Gasteiger partial charge in [-0.3, -0.25) is 4.79 Å². The first kappa shape index (κ1) is 40.5. The molecule has 0 aromatic rings. The molecule has 0 aliphatic carbocycles. The van der Waals surface area contributed by atoms with Crippen LogP contribution in [0.2, 0.25) is 0 Å². The number of carbonyl (C=O) groups excluding carboxylic acids is 2. The Hall–Kier alpha value is -2.28. The van der Waals surface area contributed by atoms with Crippen molar-refractivity contribution in [1.29, 1.82) is 0 Å². The van der Waals surface area contributed by atoms with E-state index >= 15 is 0 Å². The molecule has 3 saturated heterocycles. The lowest BCUT2D eigenvalue weighted by molar-refractivity contribution is -0.151. The number of hydrogen-bond acceptors (Lipinski definition) is 10. The van der Waals surface area contributed by atoms with E-state index in [0.717, 1.165) is 31.5 Å². The summed E-state index contributed by atoms with van der Waals surface area (Å²) in [4.78, 5) is 30.8. The molecule has 11 heteroatoms. The molecule has 1 amide bonds. The summed E-state index contributed by atoms with van der Waals surface area (Å²) < 4.78 is 23.8. The van der Waals surface area contributed by atoms with E-state index in [2.05, 4.69) is 4.90 Å². The van der Waals surface area contributed by atoms with Gasteiger partial charge < -0.3 is 44.1 Å². The SMILES string of the molecule is CCC(O)C(C)C1OC1CC(C)(O)/C=C/C=C(\C)C1OC(=O)CC(O)CCC(C)(OC)C(OC(=O)N2CCC(N3CCCC3)CC2)/C=C/C1C. The Labute approximate surface area is 299 Å². The van der Waals surface area contributed by atoms with Crippen LogP contribution in [0, 0.1) is 11.8 Å². The lowest BCUT2D eigenvalue weighted by atomic mass is 9.88. The monoisotopic (exact) mass is 704 g/mol. The number of epoxide rings is 1. The van der Waals surface area contributed by atoms with Gasteiger partial charge in [0, 0.05) is 44.5 Å². The van der Waals surface area contributed by atoms with Crippen LogP contribution in [0.3, 0.4) is 0 Å². The average molecular weight is 705 g/mol. The predicted octanol–water partition coefficient (Wildman–Crippen LogP) is 4.92. The molecule has 284 valence electrons. The highest BCUT2D eigenvalue weighted by atomic mass is 16.6. The van der Waals surface area contributed by atoms with Crippen molar-refractivity contribution in [2.75, 3.05) is 33.3 Å². The van der Waals surface area contributed by atoms with Crippen LogP contribution in [0.4, 0.5) is 4.79 Å². The topological polar surface area (TPSA) is 142 Å². The molecule has 0 saturated carbocycles. The van der Waals surface area contributed by atoms with E-state index in [4.69, 9.17) is 18.9 Å². The largest absolute Gasteiger partial charge is 0.457 e. The van der Waals surface area contributed by atoms with Crippen molar-refractivity contribution in [3.05, 3.63) is 36.0 Å². The van der Waals surface area contributed by atoms with Crippen LogP contribution in [0.5, 0.6) is 0 Å². The molecule has 10 atom stereocenters. The van der Waals surface area contributed by atoms with Crippen molar-refractivity contribution in [2.45, 2.75) is 153 Å². The third kappa shape index (κ3) is 11.1. The summed E-state index contributed by atoms with van der Waals surface area (Å²) in [5, 5.41) is 32.0. The highest BCUT2D eigenvalue weighted by Crippen LogP contribution is 2.38. The Morgan fingerprint density at radius 1 is 1.18 bits per heavy atom. The van der Waals surface area contributed by atoms with Crippen LogP contribution < -0.4 is 0 Å². The summed E-state index contributed by atoms with van der Waals surface area (Å²) >= 11 is 0. The fourth-order valence-corrected chi connectivity index (χ4v) is 7.71. The Bertz CT molecular complexity index is 1210. The number of carbonyl (C=O) groups is 2. The fraction of sp³-hybridized carbons (Fsp3) is 0.795. The number of methoxy groups -OCH3 is 1. The zero-order valence-corrected chi connectivity index (χ0v) is 31.5. The molecule has 0 bridgehead atoms. The molecule has 11 nitrogen and oxygen atoms in total. The van der Waals surface area contributed by atoms with Crippen LogP contribution in [0.15, 0.2) is 36.0 Å². The van der Waals surface area contributed by atoms with E-state index in [1.54, 1.807) is 31.1 Å². The van der Waals surface area contributed by atoms with Crippen molar-refractivity contribution in [2.24, 2.45) is 11.8 Å². The van der Waals surface area contributed by atoms with Crippen molar-refractivity contribution in [3.8, 4) is 0 Å². The van der Waals surface area contributed by atoms with E-state index in [-0.39, 0.29) is 43.0 Å². The highest BCUT2D eigenvalue weighted by Gasteiger charge is 2.47. The van der Waals surface area contributed by atoms with Gasteiger partial charge in [-0.2, -0.15) is 0 Å². The van der Waals surface area contributed by atoms with Gasteiger partial charge in [0.1, 0.15) is 11.7 Å². The molecule has 4 aliphatic rings. The minimum atomic E-state index is -1.14. The van der Waals surface area contributed by atoms with Gasteiger partial charge in [-0.25, -0.2) is 4.79 Å². The van der Waals surface area contributed by atoms with Crippen molar-refractivity contribution < 1.29 is 43.9 Å². The molecule has 0 radical (unpaired) electrons. The van der Waals surface area contributed by atoms with E-state index < -0.39 is 41.6 Å². The number of nitrogens with zero attached hydrogens (tertiary/aromatic N) is 2. The lowest BCUT2D eigenvalue weighted by Crippen LogP contribution is -2.49. The van der Waals surface area contributed by atoms with E-state index in [9.17, 15) is 24.9 Å². The Balaban J connectivity index is 1.45. The summed E-state index contributed by atoms with van der Waals surface area (Å²) in [6, 6.07) is 0.514. The first-order chi connectivity index (χ1) is 23.7. The number of aliphatic hydroxyl groups is 3. The second-order valence-electron chi connectivity index (χ2n) is 15.6. The summed E-state index contributed by atoms with van der Waals surface area (Å²) in [7, 11) is 1.58. The number of esters is 1. The van der Waals surface area contributed by atoms with Gasteiger partial charge in [-0.15, -0.1) is 0 Å². The maximum absolute atomic E-state index is 13.5. The number of hydrogen-bond donors (Lipinski definition) is 3. The number of amides is 1. The minimum Gasteiger partial charge on any atom is -0.457 e. The van der Waals surface area contributed by atoms with Gasteiger partial charge >= 0.3 is 12.1 Å². The quantitative estimate of drug-likeness (QED) is 0.117. The number of piperidine rings is 1. The van der Waals surface area contributed by atoms with Crippen molar-refractivity contribution in [1.82, 2.24) is 9.80 Å². The maximum atomic E-state index is 13.5. The summed E-state index contributed by atoms with van der Waals surface area (Å²) in [6.07, 6.45) is 11.5. The van der Waals surface area contributed by atoms with E-state index in [1.807, 2.05) is 52.8 Å². The smallest absolute Gasteiger partial charge is 0.410 e. The van der Waals surface area contributed by atoms with Gasteiger partial charge in [0.2, 0.25) is 0 Å². The first-order valence-corrected chi connectivity index (χ1v) is 18.9. The maximum Gasteiger partial charge on any atom is 0.410 e. The Kier molecular flexibility index (Phi) is 14.6. The summed E-state index contributed by atoms with van der Waals surface area (Å²) in [5.41, 5.74) is -1.33. The number of likely N-dealkylation sites (tertiary alicyclic amines) is 2. The molecule has 4 heterocycles. The highest BCUT2D eigenvalue weighted by molar-refractivity contribution is 5.70. The standard InChI is InChI=1S/C39H64N2O9/c1-8-31(43)28(4)36-32(48-36)25-38(5,46)18-11-12-26(2)35-27(3)13-14-33(39(6,47-7)19-15-30(42)24-34(44)50-35)49-37(45)41-22-16-29(17-23-41)40-20-9-10-21-40/h11-14,18,27-33,35-36,42-43,46H,8-10,15-17,19-25H2,1-7H3/b14-13+,18-11+,26-12+. The zero-order chi connectivity index (χ0) is 36.6. The summed E-state index contributed by atoms with van der Waals surface area (Å²) in [6.45, 7) is 14.9. The second kappa shape index (κ2) is 18.0. The number of allylic oxidation sites excluding steroid dienone is 2. The number of cyclic esters (lactones) is 1. The molecular weight excluding hydrogens is 640 g/mol. The van der Waals surface area contributed by atoms with Crippen LogP contribution in [0.1, 0.15) is 99.3 Å². The van der Waals surface area contributed by atoms with Gasteiger partial charge in [0.05, 0.1) is 36.4 Å². The van der Waals surface area contributed by atoms with Crippen LogP contribution >= 0.6 is 0 Å². The normalized spacial score (nSPS) is 35.4. The fourth-order valence-electron chi connectivity index (χ4n) is 7.71. The van der Waals surface area contributed by atoms with Crippen LogP contribution in [-0.2, 0) is 23.7 Å². The zero-order valence-electron chi connectivity index (χ0n) is 31.5. The van der Waals surface area contributed by atoms with Crippen LogP contribution in [-0.4, -0.2) is 124 Å². The number of aliphatic hydroxyl groups excluding tert-OH is 2. The molecule has 0 aromatic carbocycles. The molecule has 10 unspecified atom stereocenters. The third-order valence-electron chi connectivity index (χ3n) is 11.4. The number of rotatable bonds is 11. The first-order valence-electron chi connectivity index (χ1n) is 18.9. The van der Waals surface area contributed by atoms with Crippen molar-refractivity contribution >= 4 is 12.1 Å². The average Bonchev–Trinajstić information content (AvgIpc) is 3.60. The molecular formula is C39H64N2O9. The van der Waals surface area contributed by atoms with Crippen LogP contribution in [0.25, 0.3) is 0 Å². The predicted molar refractivity (Wildman–Crippen MR) is 191 cm³/mol. The molecule has 3 N–H and O–H groups in total. The lowest BCUT2D eigenvalue weighted by Gasteiger charge is -2.39. The minimum absolute atomic E-state index is 0.00204. The molecule has 0 aromatic heterocycles. The molecule has 0 spiro atoms. The van der Waals surface area contributed by atoms with Gasteiger partial charge in [-0.1, -0.05) is 45.1 Å². The molecule has 4 aliphatic heterocycles. The molecule has 4 rings (SSSR count). The Morgan fingerprint density at radius 3 is 2.50 bits per heavy atom. The summed E-state index contributed by atoms with van der Waals surface area (Å²) in [5.74, 6) is -0.823. The third-order valence-corrected chi connectivity index (χ3v) is 11.4. The van der Waals surface area contributed by atoms with Crippen molar-refractivity contribution in [3.63, 3.8) is 0 Å². The second-order valence-corrected chi connectivity index (χ2v) is 15.6. The van der Waals surface area contributed by atoms with E-state index in [1.165, 1.54) is 12.8 Å². The van der Waals surface area contributed by atoms with E-state index in [0.29, 0.717) is 38.4 Å². The Morgan fingerprint density at radius 2 is 1.86 bits per heavy atom. The number of ether oxygens (including phenoxy) is 4. The van der Waals surface area contributed by atoms with Gasteiger partial charge in [0.25, 0.3) is 0 Å². The molecule has 3 fully saturated rings. The molecule has 50 heavy (non-hydrogen) atoms. The van der Waals surface area contributed by atoms with Gasteiger partial charge in [-0.05, 0) is 90.5 Å². The van der Waals surface area contributed by atoms with Gasteiger partial charge in [0.15, 0.2) is 6.10 Å².